The molecular formula is C41H54N9O2+3. The number of rotatable bonds is 5. The Morgan fingerprint density at radius 1 is 0.596 bits per heavy atom. The third-order valence-electron chi connectivity index (χ3n) is 9.98. The van der Waals surface area contributed by atoms with Crippen molar-refractivity contribution in [2.75, 3.05) is 70.1 Å². The Morgan fingerprint density at radius 2 is 1.08 bits per heavy atom. The van der Waals surface area contributed by atoms with E-state index in [9.17, 15) is 0 Å². The smallest absolute Gasteiger partial charge is 0.444 e. The van der Waals surface area contributed by atoms with Crippen molar-refractivity contribution in [2.24, 2.45) is 0 Å². The van der Waals surface area contributed by atoms with Crippen molar-refractivity contribution >= 4 is 41.7 Å². The molecule has 0 atom stereocenters. The number of hydrogen-bond acceptors (Lipinski definition) is 8. The van der Waals surface area contributed by atoms with E-state index in [4.69, 9.17) is 9.47 Å². The first-order valence-electron chi connectivity index (χ1n) is 18.3. The fraction of sp³-hybridized carbons (Fsp3) is 0.415. The molecule has 0 unspecified atom stereocenters. The van der Waals surface area contributed by atoms with Crippen molar-refractivity contribution in [1.82, 2.24) is 15.0 Å². The maximum atomic E-state index is 5.09. The summed E-state index contributed by atoms with van der Waals surface area (Å²) in [6, 6.07) is 27.1. The van der Waals surface area contributed by atoms with Gasteiger partial charge in [-0.05, 0) is 67.0 Å². The van der Waals surface area contributed by atoms with Crippen LogP contribution in [0.2, 0.25) is 0 Å². The molecule has 1 fully saturated rings. The zero-order valence-electron chi connectivity index (χ0n) is 31.8. The van der Waals surface area contributed by atoms with Crippen LogP contribution in [0.5, 0.6) is 12.0 Å². The molecule has 4 aliphatic rings. The van der Waals surface area contributed by atoms with Gasteiger partial charge in [0.2, 0.25) is 13.3 Å². The Labute approximate surface area is 308 Å². The summed E-state index contributed by atoms with van der Waals surface area (Å²) in [6.07, 6.45) is 13.6. The number of anilines is 3. The van der Waals surface area contributed by atoms with Crippen molar-refractivity contribution in [2.45, 2.75) is 58.0 Å². The highest BCUT2D eigenvalue weighted by molar-refractivity contribution is 5.87. The van der Waals surface area contributed by atoms with Crippen molar-refractivity contribution in [1.29, 1.82) is 0 Å². The average Bonchev–Trinajstić information content (AvgIpc) is 3.18. The number of nitrogens with zero attached hydrogens (tertiary/aromatic N) is 9. The molecule has 4 aromatic rings. The maximum Gasteiger partial charge on any atom is 0.444 e. The van der Waals surface area contributed by atoms with Gasteiger partial charge in [-0.15, -0.1) is 4.98 Å². The van der Waals surface area contributed by atoms with Gasteiger partial charge in [-0.1, -0.05) is 48.9 Å². The Balaban J connectivity index is 0.000000137. The summed E-state index contributed by atoms with van der Waals surface area (Å²) < 4.78 is 17.0. The molecule has 11 heteroatoms. The molecule has 3 aliphatic heterocycles. The van der Waals surface area contributed by atoms with E-state index >= 15 is 0 Å². The second-order valence-electron chi connectivity index (χ2n) is 14.1. The lowest BCUT2D eigenvalue weighted by Gasteiger charge is -2.28. The van der Waals surface area contributed by atoms with Crippen LogP contribution >= 0.6 is 0 Å². The summed E-state index contributed by atoms with van der Waals surface area (Å²) in [4.78, 5) is 19.3. The largest absolute Gasteiger partial charge is 0.454 e. The van der Waals surface area contributed by atoms with Gasteiger partial charge in [0.25, 0.3) is 0 Å². The van der Waals surface area contributed by atoms with Gasteiger partial charge in [0, 0.05) is 45.2 Å². The van der Waals surface area contributed by atoms with Crippen LogP contribution in [0.4, 0.5) is 23.0 Å². The molecule has 1 aliphatic carbocycles. The second kappa shape index (κ2) is 16.8. The van der Waals surface area contributed by atoms with Crippen LogP contribution in [0.1, 0.15) is 62.6 Å². The van der Waals surface area contributed by atoms with Crippen LogP contribution in [0, 0.1) is 0 Å². The zero-order valence-corrected chi connectivity index (χ0v) is 31.8. The SMILES string of the molecule is CC(C)[N+]1=Cc2ccccc2N(C)C1.CN1C[N+](C2CCCCC2)=Cc2ccccc21.COc1nc(OC)nc([N+]2=Cc3ccccc3N(C)C2)n1. The Bertz CT molecular complexity index is 1910. The molecule has 52 heavy (non-hydrogen) atoms. The first-order valence-corrected chi connectivity index (χ1v) is 18.3. The Kier molecular flexibility index (Phi) is 11.8. The van der Waals surface area contributed by atoms with Gasteiger partial charge < -0.3 is 24.2 Å². The lowest BCUT2D eigenvalue weighted by atomic mass is 9.94. The molecule has 3 aromatic carbocycles. The minimum atomic E-state index is 0.228. The zero-order chi connectivity index (χ0) is 36.6. The monoisotopic (exact) mass is 704 g/mol. The summed E-state index contributed by atoms with van der Waals surface area (Å²) in [5, 5.41) is 0. The van der Waals surface area contributed by atoms with Crippen LogP contribution in [0.3, 0.4) is 0 Å². The van der Waals surface area contributed by atoms with Gasteiger partial charge in [0.05, 0.1) is 42.9 Å². The van der Waals surface area contributed by atoms with Crippen LogP contribution in [-0.2, 0) is 0 Å². The molecule has 1 aromatic heterocycles. The third kappa shape index (κ3) is 8.58. The predicted molar refractivity (Wildman–Crippen MR) is 210 cm³/mol. The first-order chi connectivity index (χ1) is 25.2. The summed E-state index contributed by atoms with van der Waals surface area (Å²) in [5.41, 5.74) is 7.64. The quantitative estimate of drug-likeness (QED) is 0.240. The van der Waals surface area contributed by atoms with Gasteiger partial charge in [-0.2, -0.15) is 0 Å². The number of para-hydroxylation sites is 3. The van der Waals surface area contributed by atoms with E-state index in [0.29, 0.717) is 18.7 Å². The van der Waals surface area contributed by atoms with E-state index in [1.807, 2.05) is 36.0 Å². The number of aromatic nitrogens is 3. The third-order valence-corrected chi connectivity index (χ3v) is 9.98. The molecule has 8 rings (SSSR count). The Hall–Kier alpha value is -5.32. The fourth-order valence-electron chi connectivity index (χ4n) is 7.13. The number of fused-ring (bicyclic) bond motifs is 3. The standard InChI is InChI=1S/C15H21N2.C14H16N5O2.C12H17N2/c1-16-12-17(14-8-3-2-4-9-14)11-13-7-5-6-10-15(13)16;1-18-9-19(8-10-6-4-5-7-11(10)18)12-15-13(20-2)17-14(16-12)21-3;1-10(2)14-8-11-6-4-5-7-12(11)13(3)9-14/h5-7,10-11,14H,2-4,8-9,12H2,1H3;4-8H,9H2,1-3H3;4-8,10H,9H2,1-3H3/q3*+1. The minimum absolute atomic E-state index is 0.228. The molecule has 0 amide bonds. The number of methoxy groups -OCH3 is 2. The molecule has 0 N–H and O–H groups in total. The van der Waals surface area contributed by atoms with Crippen LogP contribution in [0.15, 0.2) is 72.8 Å². The summed E-state index contributed by atoms with van der Waals surface area (Å²) in [5.74, 6) is 0.486. The van der Waals surface area contributed by atoms with Crippen molar-refractivity contribution in [3.05, 3.63) is 89.5 Å². The van der Waals surface area contributed by atoms with E-state index < -0.39 is 0 Å². The molecule has 0 spiro atoms. The van der Waals surface area contributed by atoms with E-state index in [1.54, 1.807) is 0 Å². The average molecular weight is 705 g/mol. The van der Waals surface area contributed by atoms with E-state index in [-0.39, 0.29) is 12.0 Å². The van der Waals surface area contributed by atoms with Crippen molar-refractivity contribution in [3.8, 4) is 12.0 Å². The van der Waals surface area contributed by atoms with Crippen LogP contribution in [0.25, 0.3) is 0 Å². The van der Waals surface area contributed by atoms with Crippen molar-refractivity contribution in [3.63, 3.8) is 0 Å². The molecule has 4 heterocycles. The summed E-state index contributed by atoms with van der Waals surface area (Å²) in [6.45, 7) is 7.10. The van der Waals surface area contributed by atoms with E-state index in [1.165, 1.54) is 74.5 Å². The maximum absolute atomic E-state index is 5.09. The highest BCUT2D eigenvalue weighted by Crippen LogP contribution is 2.26. The van der Waals surface area contributed by atoms with Gasteiger partial charge in [-0.25, -0.2) is 13.7 Å². The predicted octanol–water partition coefficient (Wildman–Crippen LogP) is 5.85. The van der Waals surface area contributed by atoms with Gasteiger partial charge >= 0.3 is 18.0 Å². The molecule has 0 saturated heterocycles. The molecule has 0 radical (unpaired) electrons. The van der Waals surface area contributed by atoms with Crippen LogP contribution in [-0.4, -0.2) is 115 Å². The molecular weight excluding hydrogens is 651 g/mol. The van der Waals surface area contributed by atoms with Gasteiger partial charge in [0.1, 0.15) is 12.7 Å². The fourth-order valence-corrected chi connectivity index (χ4v) is 7.13. The highest BCUT2D eigenvalue weighted by atomic mass is 16.5. The lowest BCUT2D eigenvalue weighted by molar-refractivity contribution is -0.565. The minimum Gasteiger partial charge on any atom is -0.454 e. The van der Waals surface area contributed by atoms with Gasteiger partial charge in [-0.3, -0.25) is 0 Å². The molecule has 1 saturated carbocycles. The molecule has 272 valence electrons. The van der Waals surface area contributed by atoms with E-state index in [2.05, 4.69) is 134 Å². The van der Waals surface area contributed by atoms with Gasteiger partial charge in [0.15, 0.2) is 18.5 Å². The topological polar surface area (TPSA) is 75.9 Å². The highest BCUT2D eigenvalue weighted by Gasteiger charge is 2.29. The second-order valence-corrected chi connectivity index (χ2v) is 14.1. The summed E-state index contributed by atoms with van der Waals surface area (Å²) in [7, 11) is 9.39. The lowest BCUT2D eigenvalue weighted by Crippen LogP contribution is -2.40. The number of benzene rings is 3. The normalized spacial score (nSPS) is 16.5. The van der Waals surface area contributed by atoms with E-state index in [0.717, 1.165) is 24.9 Å². The Morgan fingerprint density at radius 3 is 1.62 bits per heavy atom. The molecule has 0 bridgehead atoms. The number of hydrogen-bond donors (Lipinski definition) is 0. The first kappa shape index (κ1) is 36.5. The number of ether oxygens (including phenoxy) is 2. The van der Waals surface area contributed by atoms with Crippen molar-refractivity contribution < 1.29 is 23.2 Å². The molecule has 11 nitrogen and oxygen atoms in total. The summed E-state index contributed by atoms with van der Waals surface area (Å²) >= 11 is 0. The van der Waals surface area contributed by atoms with Crippen LogP contribution < -0.4 is 24.2 Å².